The van der Waals surface area contributed by atoms with Crippen LogP contribution in [0.4, 0.5) is 5.69 Å². The van der Waals surface area contributed by atoms with E-state index in [0.717, 1.165) is 29.5 Å². The fraction of sp³-hybridized carbons (Fsp3) is 0.417. The van der Waals surface area contributed by atoms with Crippen molar-refractivity contribution in [2.75, 3.05) is 45.1 Å². The summed E-state index contributed by atoms with van der Waals surface area (Å²) in [5.41, 5.74) is 2.70. The molecule has 2 aromatic rings. The molecule has 0 aliphatic carbocycles. The molecule has 1 fully saturated rings. The first kappa shape index (κ1) is 23.4. The fourth-order valence-electron chi connectivity index (χ4n) is 4.26. The molecule has 9 heteroatoms. The van der Waals surface area contributed by atoms with E-state index < -0.39 is 10.0 Å². The summed E-state index contributed by atoms with van der Waals surface area (Å²) in [6.45, 7) is 3.32. The van der Waals surface area contributed by atoms with Gasteiger partial charge in [-0.2, -0.15) is 4.31 Å². The maximum Gasteiger partial charge on any atom is 0.243 e. The first-order chi connectivity index (χ1) is 15.8. The molecule has 0 radical (unpaired) electrons. The van der Waals surface area contributed by atoms with Crippen LogP contribution in [0.3, 0.4) is 0 Å². The Balaban J connectivity index is 1.35. The van der Waals surface area contributed by atoms with Crippen LogP contribution < -0.4 is 5.32 Å². The number of rotatable bonds is 6. The van der Waals surface area contributed by atoms with Gasteiger partial charge < -0.3 is 10.2 Å². The van der Waals surface area contributed by atoms with Gasteiger partial charge in [0.05, 0.1) is 11.4 Å². The van der Waals surface area contributed by atoms with Gasteiger partial charge in [-0.1, -0.05) is 30.3 Å². The molecule has 2 aliphatic heterocycles. The maximum absolute atomic E-state index is 13.1. The molecule has 1 saturated heterocycles. The van der Waals surface area contributed by atoms with Crippen LogP contribution in [-0.2, 0) is 32.6 Å². The van der Waals surface area contributed by atoms with Crippen LogP contribution in [0.25, 0.3) is 0 Å². The van der Waals surface area contributed by atoms with Gasteiger partial charge in [-0.3, -0.25) is 14.5 Å². The predicted molar refractivity (Wildman–Crippen MR) is 126 cm³/mol. The summed E-state index contributed by atoms with van der Waals surface area (Å²) in [7, 11) is -2.38. The largest absolute Gasteiger partial charge is 0.339 e. The van der Waals surface area contributed by atoms with Crippen molar-refractivity contribution in [2.45, 2.75) is 30.7 Å². The monoisotopic (exact) mass is 470 g/mol. The van der Waals surface area contributed by atoms with Crippen molar-refractivity contribution in [1.29, 1.82) is 0 Å². The molecule has 2 aromatic carbocycles. The maximum atomic E-state index is 13.1. The third-order valence-corrected chi connectivity index (χ3v) is 8.04. The Bertz CT molecular complexity index is 1110. The molecule has 2 aliphatic rings. The quantitative estimate of drug-likeness (QED) is 0.697. The van der Waals surface area contributed by atoms with E-state index in [1.165, 1.54) is 18.7 Å². The van der Waals surface area contributed by atoms with Crippen molar-refractivity contribution in [3.05, 3.63) is 59.7 Å². The molecule has 4 rings (SSSR count). The van der Waals surface area contributed by atoms with E-state index in [-0.39, 0.29) is 23.3 Å². The fourth-order valence-corrected chi connectivity index (χ4v) is 5.44. The minimum atomic E-state index is -3.82. The number of hydrogen-bond donors (Lipinski definition) is 1. The molecule has 2 heterocycles. The van der Waals surface area contributed by atoms with Gasteiger partial charge in [0.25, 0.3) is 0 Å². The molecule has 0 spiro atoms. The molecule has 33 heavy (non-hydrogen) atoms. The molecule has 1 N–H and O–H groups in total. The average Bonchev–Trinajstić information content (AvgIpc) is 3.00. The molecular weight excluding hydrogens is 440 g/mol. The number of nitrogens with one attached hydrogen (secondary N) is 1. The van der Waals surface area contributed by atoms with E-state index in [9.17, 15) is 18.0 Å². The van der Waals surface area contributed by atoms with E-state index in [4.69, 9.17) is 0 Å². The summed E-state index contributed by atoms with van der Waals surface area (Å²) < 4.78 is 27.3. The number of likely N-dealkylation sites (N-methyl/N-ethyl adjacent to an activating group) is 1. The van der Waals surface area contributed by atoms with Gasteiger partial charge in [0.15, 0.2) is 0 Å². The van der Waals surface area contributed by atoms with Crippen LogP contribution >= 0.6 is 0 Å². The number of hydrogen-bond acceptors (Lipinski definition) is 5. The molecule has 0 aromatic heterocycles. The molecule has 0 unspecified atom stereocenters. The number of fused-ring (bicyclic) bond motifs is 1. The molecular formula is C24H30N4O4S. The van der Waals surface area contributed by atoms with Crippen molar-refractivity contribution in [1.82, 2.24) is 14.1 Å². The Labute approximate surface area is 195 Å². The number of aryl methyl sites for hydroxylation is 1. The third-order valence-electron chi connectivity index (χ3n) is 6.24. The number of amides is 2. The van der Waals surface area contributed by atoms with Crippen LogP contribution in [0.5, 0.6) is 0 Å². The van der Waals surface area contributed by atoms with Crippen LogP contribution in [0, 0.1) is 0 Å². The van der Waals surface area contributed by atoms with Gasteiger partial charge in [0.2, 0.25) is 21.8 Å². The molecule has 176 valence electrons. The van der Waals surface area contributed by atoms with Crippen LogP contribution in [0.15, 0.2) is 53.4 Å². The lowest BCUT2D eigenvalue weighted by Gasteiger charge is -2.35. The summed E-state index contributed by atoms with van der Waals surface area (Å²) in [5, 5.41) is 2.81. The number of benzene rings is 2. The van der Waals surface area contributed by atoms with E-state index in [2.05, 4.69) is 22.3 Å². The molecule has 8 nitrogen and oxygen atoms in total. The summed E-state index contributed by atoms with van der Waals surface area (Å²) in [6.07, 6.45) is 1.73. The normalized spacial score (nSPS) is 17.4. The second-order valence-corrected chi connectivity index (χ2v) is 10.7. The average molecular weight is 471 g/mol. The summed E-state index contributed by atoms with van der Waals surface area (Å²) in [4.78, 5) is 28.7. The zero-order valence-electron chi connectivity index (χ0n) is 18.9. The van der Waals surface area contributed by atoms with E-state index in [1.54, 1.807) is 17.0 Å². The zero-order valence-corrected chi connectivity index (χ0v) is 19.7. The number of nitrogens with zero attached hydrogens (tertiary/aromatic N) is 3. The second kappa shape index (κ2) is 10.0. The Morgan fingerprint density at radius 2 is 1.76 bits per heavy atom. The highest BCUT2D eigenvalue weighted by Crippen LogP contribution is 2.26. The molecule has 0 bridgehead atoms. The standard InChI is InChI=1S/C24H30N4O4S/c1-26(33(31,32)21-10-11-22-20(16-21)8-5-9-23(29)25-22)18-24(30)28-14-12-27(13-15-28)17-19-6-3-2-4-7-19/h2-4,6-7,10-11,16H,5,8-9,12-15,17-18H2,1H3,(H,25,29). The Kier molecular flexibility index (Phi) is 7.11. The van der Waals surface area contributed by atoms with Crippen molar-refractivity contribution in [3.63, 3.8) is 0 Å². The van der Waals surface area contributed by atoms with Crippen LogP contribution in [0.2, 0.25) is 0 Å². The predicted octanol–water partition coefficient (Wildman–Crippen LogP) is 1.93. The van der Waals surface area contributed by atoms with Crippen LogP contribution in [-0.4, -0.2) is 74.1 Å². The van der Waals surface area contributed by atoms with E-state index >= 15 is 0 Å². The smallest absolute Gasteiger partial charge is 0.243 e. The first-order valence-corrected chi connectivity index (χ1v) is 12.7. The van der Waals surface area contributed by atoms with Gasteiger partial charge in [-0.25, -0.2) is 8.42 Å². The van der Waals surface area contributed by atoms with Gasteiger partial charge in [-0.15, -0.1) is 0 Å². The highest BCUT2D eigenvalue weighted by atomic mass is 32.2. The Hall–Kier alpha value is -2.75. The van der Waals surface area contributed by atoms with Crippen molar-refractivity contribution in [3.8, 4) is 0 Å². The minimum absolute atomic E-state index is 0.0593. The molecule has 0 atom stereocenters. The molecule has 0 saturated carbocycles. The number of anilines is 1. The topological polar surface area (TPSA) is 90.0 Å². The summed E-state index contributed by atoms with van der Waals surface area (Å²) in [6, 6.07) is 14.9. The number of sulfonamides is 1. The van der Waals surface area contributed by atoms with Gasteiger partial charge in [0.1, 0.15) is 0 Å². The van der Waals surface area contributed by atoms with Gasteiger partial charge in [0, 0.05) is 51.9 Å². The third kappa shape index (κ3) is 5.61. The van der Waals surface area contributed by atoms with E-state index in [1.807, 2.05) is 18.2 Å². The SMILES string of the molecule is CN(CC(=O)N1CCN(Cc2ccccc2)CC1)S(=O)(=O)c1ccc2c(c1)CCCC(=O)N2. The highest BCUT2D eigenvalue weighted by Gasteiger charge is 2.28. The summed E-state index contributed by atoms with van der Waals surface area (Å²) in [5.74, 6) is -0.251. The van der Waals surface area contributed by atoms with E-state index in [0.29, 0.717) is 38.0 Å². The number of carbonyl (C=O) groups is 2. The number of carbonyl (C=O) groups excluding carboxylic acids is 2. The first-order valence-electron chi connectivity index (χ1n) is 11.3. The zero-order chi connectivity index (χ0) is 23.4. The lowest BCUT2D eigenvalue weighted by Crippen LogP contribution is -2.51. The van der Waals surface area contributed by atoms with Gasteiger partial charge >= 0.3 is 0 Å². The lowest BCUT2D eigenvalue weighted by molar-refractivity contribution is -0.133. The van der Waals surface area contributed by atoms with Crippen molar-refractivity contribution < 1.29 is 18.0 Å². The summed E-state index contributed by atoms with van der Waals surface area (Å²) >= 11 is 0. The number of piperazine rings is 1. The second-order valence-electron chi connectivity index (χ2n) is 8.62. The minimum Gasteiger partial charge on any atom is -0.339 e. The Morgan fingerprint density at radius 1 is 1.03 bits per heavy atom. The van der Waals surface area contributed by atoms with Crippen molar-refractivity contribution >= 4 is 27.5 Å². The lowest BCUT2D eigenvalue weighted by atomic mass is 10.1. The van der Waals surface area contributed by atoms with Crippen LogP contribution in [0.1, 0.15) is 24.0 Å². The Morgan fingerprint density at radius 3 is 2.48 bits per heavy atom. The van der Waals surface area contributed by atoms with Gasteiger partial charge in [-0.05, 0) is 42.2 Å². The van der Waals surface area contributed by atoms with Crippen molar-refractivity contribution in [2.24, 2.45) is 0 Å². The highest BCUT2D eigenvalue weighted by molar-refractivity contribution is 7.89. The molecule has 2 amide bonds.